The molecular weight excluding hydrogens is 694 g/mol. The van der Waals surface area contributed by atoms with Crippen molar-refractivity contribution in [3.05, 3.63) is 179 Å². The molecular formula is C40H32BrN5O4. The van der Waals surface area contributed by atoms with Crippen LogP contribution in [0, 0.1) is 27.7 Å². The number of aromatic nitrogens is 5. The average molecular weight is 727 g/mol. The van der Waals surface area contributed by atoms with E-state index in [9.17, 15) is 19.2 Å². The fourth-order valence-corrected chi connectivity index (χ4v) is 5.86. The van der Waals surface area contributed by atoms with Crippen molar-refractivity contribution in [2.24, 2.45) is 0 Å². The van der Waals surface area contributed by atoms with E-state index < -0.39 is 0 Å². The highest BCUT2D eigenvalue weighted by molar-refractivity contribution is 9.10. The molecule has 0 aliphatic carbocycles. The van der Waals surface area contributed by atoms with Crippen molar-refractivity contribution in [1.82, 2.24) is 24.5 Å². The van der Waals surface area contributed by atoms with Gasteiger partial charge in [0.1, 0.15) is 16.0 Å². The van der Waals surface area contributed by atoms with Gasteiger partial charge in [-0.15, -0.1) is 0 Å². The number of benzene rings is 2. The molecule has 10 heteroatoms. The lowest BCUT2D eigenvalue weighted by molar-refractivity contribution is 0.102. The Hall–Kier alpha value is -5.87. The molecule has 7 aromatic rings. The van der Waals surface area contributed by atoms with Crippen LogP contribution in [0.2, 0.25) is 0 Å². The summed E-state index contributed by atoms with van der Waals surface area (Å²) in [7, 11) is 0. The lowest BCUT2D eigenvalue weighted by atomic mass is 10.0. The number of fused-ring (bicyclic) bond motifs is 2. The molecule has 0 bridgehead atoms. The highest BCUT2D eigenvalue weighted by Gasteiger charge is 2.19. The van der Waals surface area contributed by atoms with E-state index in [1.165, 1.54) is 6.20 Å². The van der Waals surface area contributed by atoms with Crippen molar-refractivity contribution in [2.75, 3.05) is 0 Å². The van der Waals surface area contributed by atoms with Crippen LogP contribution in [-0.4, -0.2) is 36.1 Å². The Balaban J connectivity index is 0.000000182. The lowest BCUT2D eigenvalue weighted by Gasteiger charge is -2.13. The monoisotopic (exact) mass is 725 g/mol. The van der Waals surface area contributed by atoms with E-state index in [4.69, 9.17) is 0 Å². The van der Waals surface area contributed by atoms with Gasteiger partial charge in [-0.25, -0.2) is 15.0 Å². The van der Waals surface area contributed by atoms with E-state index in [0.29, 0.717) is 28.5 Å². The number of nitrogens with zero attached hydrogens (tertiary/aromatic N) is 4. The van der Waals surface area contributed by atoms with Gasteiger partial charge in [0, 0.05) is 40.1 Å². The van der Waals surface area contributed by atoms with Gasteiger partial charge < -0.3 is 9.55 Å². The van der Waals surface area contributed by atoms with Crippen molar-refractivity contribution in [3.8, 4) is 0 Å². The largest absolute Gasteiger partial charge is 0.360 e. The van der Waals surface area contributed by atoms with E-state index in [1.807, 2.05) is 80.8 Å². The van der Waals surface area contributed by atoms with E-state index in [-0.39, 0.29) is 39.2 Å². The van der Waals surface area contributed by atoms with E-state index in [1.54, 1.807) is 48.7 Å². The zero-order valence-corrected chi connectivity index (χ0v) is 29.4. The molecule has 0 spiro atoms. The number of hydrogen-bond acceptors (Lipinski definition) is 7. The van der Waals surface area contributed by atoms with E-state index in [2.05, 4.69) is 35.9 Å². The minimum absolute atomic E-state index is 0.106. The van der Waals surface area contributed by atoms with Crippen LogP contribution in [0.15, 0.2) is 118 Å². The predicted molar refractivity (Wildman–Crippen MR) is 198 cm³/mol. The molecule has 0 unspecified atom stereocenters. The molecule has 5 aromatic heterocycles. The number of rotatable bonds is 6. The molecule has 0 saturated carbocycles. The van der Waals surface area contributed by atoms with Crippen LogP contribution in [0.3, 0.4) is 0 Å². The van der Waals surface area contributed by atoms with Crippen LogP contribution < -0.4 is 10.9 Å². The number of ketones is 2. The molecule has 0 amide bonds. The standard InChI is InChI=1S/C23H18BrN3O2.C17H14N2O2/c1-14-10-11-19(25-15(14)2)23(29)18-13-27(12-16-6-5-9-21(24)26-16)20-8-4-3-7-17(20)22(18)28;1-10-7-8-15(19-11(10)2)17(21)13-9-18-14-6-4-3-5-12(14)16(13)20/h3-11,13H,12H2,1-2H3;3-9H,1-2H3,(H,18,20). The SMILES string of the molecule is Cc1ccc(C(=O)c2c[nH]c3ccccc3c2=O)nc1C.Cc1ccc(C(=O)c2cn(Cc3cccc(Br)n3)c3ccccc3c2=O)nc1C. The molecule has 5 heterocycles. The summed E-state index contributed by atoms with van der Waals surface area (Å²) >= 11 is 3.38. The number of aryl methyl sites for hydroxylation is 4. The summed E-state index contributed by atoms with van der Waals surface area (Å²) in [5.74, 6) is -0.732. The average Bonchev–Trinajstić information content (AvgIpc) is 3.12. The number of para-hydroxylation sites is 2. The first kappa shape index (κ1) is 34.0. The maximum atomic E-state index is 13.1. The minimum atomic E-state index is -0.375. The minimum Gasteiger partial charge on any atom is -0.360 e. The predicted octanol–water partition coefficient (Wildman–Crippen LogP) is 7.22. The second-order valence-electron chi connectivity index (χ2n) is 11.9. The van der Waals surface area contributed by atoms with Gasteiger partial charge in [0.05, 0.1) is 28.9 Å². The van der Waals surface area contributed by atoms with Gasteiger partial charge >= 0.3 is 0 Å². The maximum Gasteiger partial charge on any atom is 0.216 e. The van der Waals surface area contributed by atoms with Gasteiger partial charge in [0.2, 0.25) is 22.4 Å². The Kier molecular flexibility index (Phi) is 9.74. The zero-order chi connectivity index (χ0) is 35.5. The van der Waals surface area contributed by atoms with Crippen LogP contribution >= 0.6 is 15.9 Å². The molecule has 0 radical (unpaired) electrons. The second-order valence-corrected chi connectivity index (χ2v) is 12.7. The van der Waals surface area contributed by atoms with Gasteiger partial charge in [-0.3, -0.25) is 19.2 Å². The highest BCUT2D eigenvalue weighted by Crippen LogP contribution is 2.17. The first-order valence-corrected chi connectivity index (χ1v) is 16.6. The number of pyridine rings is 5. The number of nitrogens with one attached hydrogen (secondary N) is 1. The summed E-state index contributed by atoms with van der Waals surface area (Å²) in [5.41, 5.74) is 6.08. The van der Waals surface area contributed by atoms with Crippen molar-refractivity contribution in [3.63, 3.8) is 0 Å². The van der Waals surface area contributed by atoms with Gasteiger partial charge in [0.15, 0.2) is 0 Å². The number of carbonyl (C=O) groups is 2. The van der Waals surface area contributed by atoms with E-state index >= 15 is 0 Å². The number of carbonyl (C=O) groups excluding carboxylic acids is 2. The molecule has 0 aliphatic heterocycles. The molecule has 50 heavy (non-hydrogen) atoms. The molecule has 7 rings (SSSR count). The quantitative estimate of drug-likeness (QED) is 0.142. The Morgan fingerprint density at radius 2 is 1.24 bits per heavy atom. The zero-order valence-electron chi connectivity index (χ0n) is 27.8. The Morgan fingerprint density at radius 1 is 0.660 bits per heavy atom. The first-order chi connectivity index (χ1) is 24.0. The van der Waals surface area contributed by atoms with Crippen molar-refractivity contribution in [2.45, 2.75) is 34.2 Å². The van der Waals surface area contributed by atoms with Crippen LogP contribution in [0.1, 0.15) is 60.3 Å². The second kappa shape index (κ2) is 14.3. The highest BCUT2D eigenvalue weighted by atomic mass is 79.9. The summed E-state index contributed by atoms with van der Waals surface area (Å²) in [6.07, 6.45) is 3.08. The van der Waals surface area contributed by atoms with Crippen LogP contribution in [0.25, 0.3) is 21.8 Å². The van der Waals surface area contributed by atoms with Gasteiger partial charge in [-0.05, 0) is 103 Å². The Labute approximate surface area is 295 Å². The molecule has 9 nitrogen and oxygen atoms in total. The molecule has 248 valence electrons. The third-order valence-corrected chi connectivity index (χ3v) is 8.98. The van der Waals surface area contributed by atoms with Crippen molar-refractivity contribution < 1.29 is 9.59 Å². The summed E-state index contributed by atoms with van der Waals surface area (Å²) in [6.45, 7) is 7.99. The number of aromatic amines is 1. The lowest BCUT2D eigenvalue weighted by Crippen LogP contribution is -2.21. The fourth-order valence-electron chi connectivity index (χ4n) is 5.48. The molecule has 2 aromatic carbocycles. The fraction of sp³-hybridized carbons (Fsp3) is 0.125. The van der Waals surface area contributed by atoms with Gasteiger partial charge in [-0.1, -0.05) is 42.5 Å². The number of halogens is 1. The summed E-state index contributed by atoms with van der Waals surface area (Å²) in [6, 6.07) is 27.1. The van der Waals surface area contributed by atoms with Gasteiger partial charge in [0.25, 0.3) is 0 Å². The maximum absolute atomic E-state index is 13.1. The normalized spacial score (nSPS) is 10.9. The molecule has 0 fully saturated rings. The number of H-pyrrole nitrogens is 1. The summed E-state index contributed by atoms with van der Waals surface area (Å²) < 4.78 is 2.62. The molecule has 0 aliphatic rings. The smallest absolute Gasteiger partial charge is 0.216 e. The van der Waals surface area contributed by atoms with Crippen LogP contribution in [0.4, 0.5) is 0 Å². The summed E-state index contributed by atoms with van der Waals surface area (Å²) in [5, 5.41) is 1.00. The van der Waals surface area contributed by atoms with Crippen molar-refractivity contribution in [1.29, 1.82) is 0 Å². The number of hydrogen-bond donors (Lipinski definition) is 1. The first-order valence-electron chi connectivity index (χ1n) is 15.8. The third-order valence-electron chi connectivity index (χ3n) is 8.54. The van der Waals surface area contributed by atoms with Crippen LogP contribution in [-0.2, 0) is 6.54 Å². The molecule has 1 N–H and O–H groups in total. The molecule has 0 atom stereocenters. The van der Waals surface area contributed by atoms with Crippen molar-refractivity contribution >= 4 is 49.3 Å². The summed E-state index contributed by atoms with van der Waals surface area (Å²) in [4.78, 5) is 67.2. The Bertz CT molecular complexity index is 2570. The van der Waals surface area contributed by atoms with Crippen LogP contribution in [0.5, 0.6) is 0 Å². The third kappa shape index (κ3) is 6.97. The topological polar surface area (TPSA) is 128 Å². The van der Waals surface area contributed by atoms with Gasteiger partial charge in [-0.2, -0.15) is 0 Å². The molecule has 0 saturated heterocycles. The van der Waals surface area contributed by atoms with E-state index in [0.717, 1.165) is 38.3 Å². The Morgan fingerprint density at radius 3 is 1.88 bits per heavy atom.